The fourth-order valence-corrected chi connectivity index (χ4v) is 5.17. The van der Waals surface area contributed by atoms with Crippen LogP contribution in [0.3, 0.4) is 0 Å². The quantitative estimate of drug-likeness (QED) is 0.267. The second-order valence-electron chi connectivity index (χ2n) is 10.4. The first-order chi connectivity index (χ1) is 19.3. The fourth-order valence-electron chi connectivity index (χ4n) is 5.17. The zero-order valence-corrected chi connectivity index (χ0v) is 24.2. The van der Waals surface area contributed by atoms with Crippen LogP contribution < -0.4 is 18.9 Å². The predicted octanol–water partition coefficient (Wildman–Crippen LogP) is 4.36. The highest BCUT2D eigenvalue weighted by atomic mass is 15.4. The van der Waals surface area contributed by atoms with Crippen molar-refractivity contribution in [3.8, 4) is 0 Å². The lowest BCUT2D eigenvalue weighted by Gasteiger charge is -2.34. The molecular formula is C28H38N12+2. The monoisotopic (exact) mass is 542 g/mol. The van der Waals surface area contributed by atoms with E-state index in [1.54, 1.807) is 22.0 Å². The smallest absolute Gasteiger partial charge is 0.371 e. The van der Waals surface area contributed by atoms with Crippen molar-refractivity contribution in [3.05, 3.63) is 60.2 Å². The molecule has 1 fully saturated rings. The third-order valence-corrected chi connectivity index (χ3v) is 7.27. The number of azo groups is 2. The molecule has 0 spiro atoms. The topological polar surface area (TPSA) is 99.3 Å². The number of benzene rings is 2. The van der Waals surface area contributed by atoms with Gasteiger partial charge < -0.3 is 9.80 Å². The summed E-state index contributed by atoms with van der Waals surface area (Å²) in [5.41, 5.74) is 6.64. The molecular weight excluding hydrogens is 504 g/mol. The Morgan fingerprint density at radius 3 is 1.35 bits per heavy atom. The third kappa shape index (κ3) is 5.90. The largest absolute Gasteiger partial charge is 0.403 e. The maximum absolute atomic E-state index is 4.44. The minimum Gasteiger partial charge on any atom is -0.371 e. The average molecular weight is 543 g/mol. The number of rotatable bonds is 6. The van der Waals surface area contributed by atoms with E-state index in [1.165, 1.54) is 22.5 Å². The van der Waals surface area contributed by atoms with Gasteiger partial charge in [0.15, 0.2) is 0 Å². The number of hydrogen-bond donors (Lipinski definition) is 0. The van der Waals surface area contributed by atoms with Crippen molar-refractivity contribution in [1.29, 1.82) is 0 Å². The zero-order chi connectivity index (χ0) is 28.2. The molecule has 1 saturated heterocycles. The Balaban J connectivity index is 1.21. The summed E-state index contributed by atoms with van der Waals surface area (Å²) < 4.78 is 7.11. The molecule has 12 heteroatoms. The number of aryl methyl sites for hydroxylation is 6. The van der Waals surface area contributed by atoms with Gasteiger partial charge in [0.25, 0.3) is 0 Å². The molecule has 1 aliphatic rings. The van der Waals surface area contributed by atoms with Crippen LogP contribution in [0.4, 0.5) is 34.6 Å². The lowest BCUT2D eigenvalue weighted by atomic mass is 10.1. The molecule has 40 heavy (non-hydrogen) atoms. The molecule has 4 aromatic rings. The summed E-state index contributed by atoms with van der Waals surface area (Å²) in [6, 6.07) is 12.7. The fraction of sp³-hybridized carbons (Fsp3) is 0.429. The first-order valence-electron chi connectivity index (χ1n) is 13.6. The summed E-state index contributed by atoms with van der Waals surface area (Å²) in [5.74, 6) is 1.39. The van der Waals surface area contributed by atoms with Crippen molar-refractivity contribution in [2.45, 2.75) is 26.7 Å². The third-order valence-electron chi connectivity index (χ3n) is 7.27. The van der Waals surface area contributed by atoms with E-state index < -0.39 is 0 Å². The lowest BCUT2D eigenvalue weighted by molar-refractivity contribution is -0.659. The Morgan fingerprint density at radius 2 is 1.02 bits per heavy atom. The minimum absolute atomic E-state index is 0.697. The van der Waals surface area contributed by atoms with Crippen molar-refractivity contribution < 1.29 is 9.13 Å². The Kier molecular flexibility index (Phi) is 7.94. The Hall–Kier alpha value is -4.48. The highest BCUT2D eigenvalue weighted by Gasteiger charge is 2.18. The molecule has 5 rings (SSSR count). The molecule has 1 aliphatic heterocycles. The van der Waals surface area contributed by atoms with Gasteiger partial charge in [0, 0.05) is 47.8 Å². The molecule has 0 aliphatic carbocycles. The number of aromatic nitrogens is 6. The van der Waals surface area contributed by atoms with Crippen LogP contribution in [0.25, 0.3) is 0 Å². The molecule has 0 unspecified atom stereocenters. The predicted molar refractivity (Wildman–Crippen MR) is 153 cm³/mol. The zero-order valence-electron chi connectivity index (χ0n) is 24.2. The molecule has 12 nitrogen and oxygen atoms in total. The summed E-state index contributed by atoms with van der Waals surface area (Å²) in [6.45, 7) is 8.35. The normalized spacial score (nSPS) is 14.8. The molecule has 0 amide bonds. The van der Waals surface area contributed by atoms with E-state index in [1.807, 2.05) is 49.5 Å². The van der Waals surface area contributed by atoms with Crippen LogP contribution in [-0.2, 0) is 28.2 Å². The average Bonchev–Trinajstić information content (AvgIpc) is 3.41. The van der Waals surface area contributed by atoms with E-state index in [-0.39, 0.29) is 0 Å². The van der Waals surface area contributed by atoms with Gasteiger partial charge in [0.05, 0.1) is 39.6 Å². The second-order valence-corrected chi connectivity index (χ2v) is 10.4. The van der Waals surface area contributed by atoms with Crippen LogP contribution in [0.2, 0.25) is 0 Å². The van der Waals surface area contributed by atoms with Gasteiger partial charge in [-0.1, -0.05) is 10.2 Å². The SMILES string of the molecule is Cc1cc(N=Nc2n(C)nc[n+]2C)ccc1N1CCCN(c2ccc(N=Nc3n(C)nc[n+]3C)cc2C)CCC1. The summed E-state index contributed by atoms with van der Waals surface area (Å²) in [4.78, 5) is 5.01. The van der Waals surface area contributed by atoms with Gasteiger partial charge in [-0.2, -0.15) is 0 Å². The molecule has 0 radical (unpaired) electrons. The molecule has 0 bridgehead atoms. The summed E-state index contributed by atoms with van der Waals surface area (Å²) in [5, 5.41) is 26.0. The van der Waals surface area contributed by atoms with Crippen molar-refractivity contribution in [3.63, 3.8) is 0 Å². The standard InChI is InChI=1S/C28H38N12/c1-21-17-23(31-33-27-35(3)19-29-37(27)5)9-11-25(21)39-13-7-15-40(16-8-14-39)26-12-10-24(18-22(26)2)32-34-28-36(4)20-30-38(28)6/h9-12,17-20H,7-8,13-16H2,1-6H3/q+2. The van der Waals surface area contributed by atoms with Gasteiger partial charge in [-0.05, 0) is 84.4 Å². The van der Waals surface area contributed by atoms with Crippen LogP contribution in [0.1, 0.15) is 24.0 Å². The molecule has 0 atom stereocenters. The summed E-state index contributed by atoms with van der Waals surface area (Å²) >= 11 is 0. The van der Waals surface area contributed by atoms with E-state index >= 15 is 0 Å². The van der Waals surface area contributed by atoms with Gasteiger partial charge >= 0.3 is 11.9 Å². The van der Waals surface area contributed by atoms with Gasteiger partial charge in [-0.15, -0.1) is 9.36 Å². The number of nitrogens with zero attached hydrogens (tertiary/aromatic N) is 12. The van der Waals surface area contributed by atoms with Gasteiger partial charge in [0.1, 0.15) is 0 Å². The summed E-state index contributed by atoms with van der Waals surface area (Å²) in [7, 11) is 7.54. The molecule has 0 saturated carbocycles. The van der Waals surface area contributed by atoms with E-state index in [2.05, 4.69) is 78.6 Å². The Labute approximate surface area is 234 Å². The summed E-state index contributed by atoms with van der Waals surface area (Å²) in [6.07, 6.45) is 5.60. The van der Waals surface area contributed by atoms with Gasteiger partial charge in [-0.25, -0.2) is 9.13 Å². The first-order valence-corrected chi connectivity index (χ1v) is 13.6. The van der Waals surface area contributed by atoms with Crippen molar-refractivity contribution in [2.75, 3.05) is 36.0 Å². The van der Waals surface area contributed by atoms with Crippen molar-refractivity contribution >= 4 is 34.6 Å². The van der Waals surface area contributed by atoms with Gasteiger partial charge in [0.2, 0.25) is 12.7 Å². The maximum Gasteiger partial charge on any atom is 0.403 e. The van der Waals surface area contributed by atoms with E-state index in [0.29, 0.717) is 11.9 Å². The van der Waals surface area contributed by atoms with Crippen LogP contribution in [0, 0.1) is 13.8 Å². The van der Waals surface area contributed by atoms with Crippen LogP contribution in [0.15, 0.2) is 69.5 Å². The molecule has 2 aromatic heterocycles. The van der Waals surface area contributed by atoms with Crippen molar-refractivity contribution in [1.82, 2.24) is 19.6 Å². The highest BCUT2D eigenvalue weighted by molar-refractivity contribution is 5.60. The molecule has 3 heterocycles. The van der Waals surface area contributed by atoms with Crippen LogP contribution in [-0.4, -0.2) is 45.7 Å². The van der Waals surface area contributed by atoms with Crippen LogP contribution >= 0.6 is 0 Å². The highest BCUT2D eigenvalue weighted by Crippen LogP contribution is 2.30. The van der Waals surface area contributed by atoms with Gasteiger partial charge in [-0.3, -0.25) is 0 Å². The van der Waals surface area contributed by atoms with E-state index in [4.69, 9.17) is 0 Å². The molecule has 0 N–H and O–H groups in total. The Morgan fingerprint density at radius 1 is 0.625 bits per heavy atom. The van der Waals surface area contributed by atoms with Crippen molar-refractivity contribution in [2.24, 2.45) is 48.6 Å². The second kappa shape index (κ2) is 11.7. The number of anilines is 2. The maximum atomic E-state index is 4.44. The number of hydrogen-bond acceptors (Lipinski definition) is 8. The van der Waals surface area contributed by atoms with E-state index in [0.717, 1.165) is 50.4 Å². The molecule has 208 valence electrons. The minimum atomic E-state index is 0.697. The Bertz CT molecular complexity index is 1380. The first kappa shape index (κ1) is 27.1. The van der Waals surface area contributed by atoms with E-state index in [9.17, 15) is 0 Å². The molecule has 2 aromatic carbocycles. The van der Waals surface area contributed by atoms with Crippen LogP contribution in [0.5, 0.6) is 0 Å². The lowest BCUT2D eigenvalue weighted by Crippen LogP contribution is -2.37.